The van der Waals surface area contributed by atoms with Gasteiger partial charge in [0.1, 0.15) is 17.1 Å². The molecule has 0 bridgehead atoms. The molecule has 4 aromatic rings. The fraction of sp³-hybridized carbons (Fsp3) is 0.214. The van der Waals surface area contributed by atoms with E-state index in [0.29, 0.717) is 11.6 Å². The van der Waals surface area contributed by atoms with Crippen LogP contribution in [0.15, 0.2) is 69.9 Å². The van der Waals surface area contributed by atoms with Gasteiger partial charge in [-0.1, -0.05) is 43.6 Å². The van der Waals surface area contributed by atoms with E-state index >= 15 is 0 Å². The number of fused-ring (bicyclic) bond motifs is 1. The standard InChI is InChI=1S/C28H20ClF6NO5/c1-14(2)17-5-3-4-6-21(17)40-25-24(38)18-9-8-16(12-22(18)41-26(25)28(33,34)35)39-13-23(37)36-20-11-15(27(30,31)32)7-10-19(20)29/h3-12,14H,13H2,1-2H3,(H,36,37). The van der Waals surface area contributed by atoms with Gasteiger partial charge in [-0.2, -0.15) is 26.3 Å². The molecule has 0 saturated carbocycles. The van der Waals surface area contributed by atoms with Crippen molar-refractivity contribution in [3.63, 3.8) is 0 Å². The van der Waals surface area contributed by atoms with Crippen LogP contribution in [0.25, 0.3) is 11.0 Å². The van der Waals surface area contributed by atoms with Gasteiger partial charge in [0, 0.05) is 6.07 Å². The minimum Gasteiger partial charge on any atom is -0.484 e. The average Bonchev–Trinajstić information content (AvgIpc) is 2.89. The number of nitrogens with one attached hydrogen (secondary N) is 1. The van der Waals surface area contributed by atoms with Crippen LogP contribution in [0.1, 0.15) is 36.7 Å². The van der Waals surface area contributed by atoms with E-state index in [2.05, 4.69) is 5.32 Å². The number of carbonyl (C=O) groups is 1. The SMILES string of the molecule is CC(C)c1ccccc1Oc1c(C(F)(F)F)oc2cc(OCC(=O)Nc3cc(C(F)(F)F)ccc3Cl)ccc2c1=O. The van der Waals surface area contributed by atoms with E-state index in [0.717, 1.165) is 24.3 Å². The van der Waals surface area contributed by atoms with Gasteiger partial charge in [-0.15, -0.1) is 0 Å². The van der Waals surface area contributed by atoms with Crippen LogP contribution in [0.5, 0.6) is 17.2 Å². The highest BCUT2D eigenvalue weighted by Crippen LogP contribution is 2.40. The number of carbonyl (C=O) groups excluding carboxylic acids is 1. The van der Waals surface area contributed by atoms with E-state index in [4.69, 9.17) is 25.5 Å². The molecule has 0 unspecified atom stereocenters. The Hall–Kier alpha value is -4.19. The van der Waals surface area contributed by atoms with Gasteiger partial charge in [0.25, 0.3) is 11.7 Å². The van der Waals surface area contributed by atoms with E-state index in [-0.39, 0.29) is 33.5 Å². The van der Waals surface area contributed by atoms with Gasteiger partial charge >= 0.3 is 12.4 Å². The van der Waals surface area contributed by atoms with E-state index in [1.807, 2.05) is 13.8 Å². The lowest BCUT2D eigenvalue weighted by Gasteiger charge is -2.16. The van der Waals surface area contributed by atoms with Crippen molar-refractivity contribution in [2.75, 3.05) is 11.9 Å². The summed E-state index contributed by atoms with van der Waals surface area (Å²) in [6, 6.07) is 12.0. The van der Waals surface area contributed by atoms with Crippen LogP contribution in [0.3, 0.4) is 0 Å². The second-order valence-electron chi connectivity index (χ2n) is 9.07. The molecule has 6 nitrogen and oxygen atoms in total. The number of alkyl halides is 6. The predicted molar refractivity (Wildman–Crippen MR) is 139 cm³/mol. The second-order valence-corrected chi connectivity index (χ2v) is 9.48. The maximum Gasteiger partial charge on any atom is 0.453 e. The number of benzene rings is 3. The largest absolute Gasteiger partial charge is 0.484 e. The molecular formula is C28H20ClF6NO5. The molecule has 0 fully saturated rings. The zero-order valence-corrected chi connectivity index (χ0v) is 22.0. The van der Waals surface area contributed by atoms with Gasteiger partial charge < -0.3 is 19.2 Å². The third kappa shape index (κ3) is 6.76. The molecule has 3 aromatic carbocycles. The Morgan fingerprint density at radius 2 is 1.68 bits per heavy atom. The summed E-state index contributed by atoms with van der Waals surface area (Å²) in [7, 11) is 0. The van der Waals surface area contributed by atoms with Crippen molar-refractivity contribution < 1.29 is 45.0 Å². The molecule has 0 atom stereocenters. The number of para-hydroxylation sites is 1. The first-order chi connectivity index (χ1) is 19.1. The summed E-state index contributed by atoms with van der Waals surface area (Å²) in [5.41, 5.74) is -2.36. The Morgan fingerprint density at radius 3 is 2.34 bits per heavy atom. The van der Waals surface area contributed by atoms with Gasteiger partial charge in [0.2, 0.25) is 11.2 Å². The summed E-state index contributed by atoms with van der Waals surface area (Å²) >= 11 is 5.86. The third-order valence-electron chi connectivity index (χ3n) is 5.77. The first kappa shape index (κ1) is 29.8. The highest BCUT2D eigenvalue weighted by Gasteiger charge is 2.41. The molecule has 1 heterocycles. The Morgan fingerprint density at radius 1 is 0.976 bits per heavy atom. The Bertz CT molecular complexity index is 1660. The zero-order chi connectivity index (χ0) is 30.1. The number of hydrogen-bond acceptors (Lipinski definition) is 5. The highest BCUT2D eigenvalue weighted by atomic mass is 35.5. The van der Waals surface area contributed by atoms with Crippen LogP contribution in [0, 0.1) is 0 Å². The molecule has 1 aromatic heterocycles. The van der Waals surface area contributed by atoms with Crippen molar-refractivity contribution in [3.8, 4) is 17.2 Å². The molecule has 0 aliphatic heterocycles. The molecule has 0 spiro atoms. The molecule has 0 saturated heterocycles. The van der Waals surface area contributed by atoms with Crippen LogP contribution in [0.4, 0.5) is 32.0 Å². The first-order valence-electron chi connectivity index (χ1n) is 11.9. The summed E-state index contributed by atoms with van der Waals surface area (Å²) < 4.78 is 96.5. The minimum atomic E-state index is -5.10. The van der Waals surface area contributed by atoms with Crippen molar-refractivity contribution in [3.05, 3.63) is 92.8 Å². The maximum absolute atomic E-state index is 13.9. The van der Waals surface area contributed by atoms with E-state index in [9.17, 15) is 35.9 Å². The topological polar surface area (TPSA) is 77.8 Å². The molecule has 216 valence electrons. The van der Waals surface area contributed by atoms with Gasteiger partial charge in [-0.3, -0.25) is 9.59 Å². The third-order valence-corrected chi connectivity index (χ3v) is 6.10. The van der Waals surface area contributed by atoms with Gasteiger partial charge in [0.15, 0.2) is 6.61 Å². The van der Waals surface area contributed by atoms with Gasteiger partial charge in [-0.05, 0) is 47.9 Å². The number of anilines is 1. The predicted octanol–water partition coefficient (Wildman–Crippen LogP) is 8.42. The zero-order valence-electron chi connectivity index (χ0n) is 21.2. The summed E-state index contributed by atoms with van der Waals surface area (Å²) in [4.78, 5) is 25.4. The van der Waals surface area contributed by atoms with E-state index in [1.54, 1.807) is 18.2 Å². The molecule has 0 aliphatic carbocycles. The number of amides is 1. The van der Waals surface area contributed by atoms with Crippen molar-refractivity contribution in [1.82, 2.24) is 0 Å². The van der Waals surface area contributed by atoms with Crippen molar-refractivity contribution in [1.29, 1.82) is 0 Å². The minimum absolute atomic E-state index is 0.0616. The number of rotatable bonds is 7. The Labute approximate surface area is 233 Å². The quantitative estimate of drug-likeness (QED) is 0.216. The van der Waals surface area contributed by atoms with Crippen LogP contribution in [0.2, 0.25) is 5.02 Å². The molecule has 1 amide bonds. The lowest BCUT2D eigenvalue weighted by Crippen LogP contribution is -2.21. The molecular weight excluding hydrogens is 580 g/mol. The monoisotopic (exact) mass is 599 g/mol. The van der Waals surface area contributed by atoms with Crippen LogP contribution in [-0.4, -0.2) is 12.5 Å². The Balaban J connectivity index is 1.60. The van der Waals surface area contributed by atoms with Gasteiger partial charge in [-0.25, -0.2) is 0 Å². The number of halogens is 7. The molecule has 4 rings (SSSR count). The fourth-order valence-electron chi connectivity index (χ4n) is 3.82. The fourth-order valence-corrected chi connectivity index (χ4v) is 3.98. The Kier molecular flexibility index (Phi) is 8.25. The van der Waals surface area contributed by atoms with Crippen LogP contribution >= 0.6 is 11.6 Å². The smallest absolute Gasteiger partial charge is 0.453 e. The summed E-state index contributed by atoms with van der Waals surface area (Å²) in [5.74, 6) is -3.82. The molecule has 1 N–H and O–H groups in total. The van der Waals surface area contributed by atoms with E-state index in [1.165, 1.54) is 12.1 Å². The highest BCUT2D eigenvalue weighted by molar-refractivity contribution is 6.33. The second kappa shape index (κ2) is 11.4. The summed E-state index contributed by atoms with van der Waals surface area (Å²) in [6.07, 6.45) is -9.77. The lowest BCUT2D eigenvalue weighted by atomic mass is 10.0. The molecule has 0 radical (unpaired) electrons. The van der Waals surface area contributed by atoms with Crippen LogP contribution < -0.4 is 20.2 Å². The van der Waals surface area contributed by atoms with Gasteiger partial charge in [0.05, 0.1) is 21.7 Å². The molecule has 13 heteroatoms. The van der Waals surface area contributed by atoms with Crippen molar-refractivity contribution in [2.24, 2.45) is 0 Å². The molecule has 0 aliphatic rings. The lowest BCUT2D eigenvalue weighted by molar-refractivity contribution is -0.154. The van der Waals surface area contributed by atoms with E-state index < -0.39 is 53.0 Å². The van der Waals surface area contributed by atoms with Crippen molar-refractivity contribution >= 4 is 34.2 Å². The normalized spacial score (nSPS) is 12.0. The number of hydrogen-bond donors (Lipinski definition) is 1. The summed E-state index contributed by atoms with van der Waals surface area (Å²) in [5, 5.41) is 1.77. The summed E-state index contributed by atoms with van der Waals surface area (Å²) in [6.45, 7) is 2.87. The number of ether oxygens (including phenoxy) is 2. The molecule has 41 heavy (non-hydrogen) atoms. The van der Waals surface area contributed by atoms with Crippen LogP contribution in [-0.2, 0) is 17.1 Å². The first-order valence-corrected chi connectivity index (χ1v) is 12.3. The maximum atomic E-state index is 13.9. The van der Waals surface area contributed by atoms with Crippen molar-refractivity contribution in [2.45, 2.75) is 32.1 Å². The average molecular weight is 600 g/mol.